The summed E-state index contributed by atoms with van der Waals surface area (Å²) in [6, 6.07) is 0. The average Bonchev–Trinajstić information content (AvgIpc) is 2.15. The third-order valence-corrected chi connectivity index (χ3v) is 3.20. The topological polar surface area (TPSA) is 52.5 Å². The van der Waals surface area contributed by atoms with Gasteiger partial charge in [-0.15, -0.1) is 0 Å². The zero-order valence-corrected chi connectivity index (χ0v) is 8.97. The first-order valence-corrected chi connectivity index (χ1v) is 5.80. The van der Waals surface area contributed by atoms with Crippen LogP contribution in [0, 0.1) is 0 Å². The standard InChI is InChI=1S/C11H23NO2/c13-9-4-2-1-3-8-12-11(10-14)6-5-7-11/h12-14H,1-10H2. The van der Waals surface area contributed by atoms with Crippen LogP contribution in [-0.4, -0.2) is 35.5 Å². The van der Waals surface area contributed by atoms with E-state index in [1.54, 1.807) is 0 Å². The SMILES string of the molecule is OCCCCCCNC1(CO)CCC1. The van der Waals surface area contributed by atoms with Gasteiger partial charge in [-0.25, -0.2) is 0 Å². The highest BCUT2D eigenvalue weighted by Gasteiger charge is 2.35. The van der Waals surface area contributed by atoms with Gasteiger partial charge in [-0.1, -0.05) is 12.8 Å². The number of nitrogens with one attached hydrogen (secondary N) is 1. The van der Waals surface area contributed by atoms with Crippen molar-refractivity contribution >= 4 is 0 Å². The van der Waals surface area contributed by atoms with Gasteiger partial charge in [-0.3, -0.25) is 0 Å². The maximum absolute atomic E-state index is 9.18. The molecule has 0 aromatic heterocycles. The second kappa shape index (κ2) is 6.38. The molecule has 0 aromatic carbocycles. The maximum atomic E-state index is 9.18. The van der Waals surface area contributed by atoms with Crippen molar-refractivity contribution in [2.24, 2.45) is 0 Å². The molecule has 14 heavy (non-hydrogen) atoms. The van der Waals surface area contributed by atoms with Gasteiger partial charge >= 0.3 is 0 Å². The molecule has 3 N–H and O–H groups in total. The van der Waals surface area contributed by atoms with E-state index in [0.29, 0.717) is 6.61 Å². The van der Waals surface area contributed by atoms with Crippen LogP contribution in [0.5, 0.6) is 0 Å². The van der Waals surface area contributed by atoms with Gasteiger partial charge in [0, 0.05) is 12.1 Å². The highest BCUT2D eigenvalue weighted by Crippen LogP contribution is 2.30. The molecule has 0 aromatic rings. The Morgan fingerprint density at radius 3 is 2.21 bits per heavy atom. The minimum atomic E-state index is 0.0664. The van der Waals surface area contributed by atoms with Crippen molar-refractivity contribution in [2.75, 3.05) is 19.8 Å². The lowest BCUT2D eigenvalue weighted by Crippen LogP contribution is -2.54. The second-order valence-electron chi connectivity index (χ2n) is 4.36. The third kappa shape index (κ3) is 3.56. The van der Waals surface area contributed by atoms with Crippen molar-refractivity contribution < 1.29 is 10.2 Å². The van der Waals surface area contributed by atoms with Crippen LogP contribution >= 0.6 is 0 Å². The summed E-state index contributed by atoms with van der Waals surface area (Å²) in [6.45, 7) is 1.60. The van der Waals surface area contributed by atoms with Crippen molar-refractivity contribution in [1.82, 2.24) is 5.32 Å². The Morgan fingerprint density at radius 1 is 1.00 bits per heavy atom. The molecular formula is C11H23NO2. The summed E-state index contributed by atoms with van der Waals surface area (Å²) in [5.74, 6) is 0. The molecule has 3 heteroatoms. The summed E-state index contributed by atoms with van der Waals surface area (Å²) < 4.78 is 0. The van der Waals surface area contributed by atoms with Crippen LogP contribution in [0.1, 0.15) is 44.9 Å². The molecule has 0 radical (unpaired) electrons. The van der Waals surface area contributed by atoms with E-state index in [1.807, 2.05) is 0 Å². The molecular weight excluding hydrogens is 178 g/mol. The largest absolute Gasteiger partial charge is 0.396 e. The van der Waals surface area contributed by atoms with Crippen molar-refractivity contribution in [3.8, 4) is 0 Å². The molecule has 84 valence electrons. The highest BCUT2D eigenvalue weighted by atomic mass is 16.3. The van der Waals surface area contributed by atoms with E-state index in [1.165, 1.54) is 12.8 Å². The number of rotatable bonds is 8. The van der Waals surface area contributed by atoms with Gasteiger partial charge in [-0.2, -0.15) is 0 Å². The minimum absolute atomic E-state index is 0.0664. The van der Waals surface area contributed by atoms with Gasteiger partial charge in [0.2, 0.25) is 0 Å². The zero-order chi connectivity index (χ0) is 10.3. The van der Waals surface area contributed by atoms with E-state index in [2.05, 4.69) is 5.32 Å². The summed E-state index contributed by atoms with van der Waals surface area (Å²) >= 11 is 0. The molecule has 0 amide bonds. The van der Waals surface area contributed by atoms with Gasteiger partial charge in [-0.05, 0) is 38.6 Å². The molecule has 0 bridgehead atoms. The molecule has 0 spiro atoms. The first-order valence-electron chi connectivity index (χ1n) is 5.80. The first-order chi connectivity index (χ1) is 6.83. The predicted octanol–water partition coefficient (Wildman–Crippen LogP) is 1.04. The van der Waals surface area contributed by atoms with E-state index in [4.69, 9.17) is 5.11 Å². The van der Waals surface area contributed by atoms with Gasteiger partial charge in [0.05, 0.1) is 6.61 Å². The molecule has 1 rings (SSSR count). The number of aliphatic hydroxyl groups excluding tert-OH is 2. The van der Waals surface area contributed by atoms with Crippen LogP contribution in [-0.2, 0) is 0 Å². The molecule has 3 nitrogen and oxygen atoms in total. The van der Waals surface area contributed by atoms with Crippen molar-refractivity contribution in [3.63, 3.8) is 0 Å². The molecule has 1 aliphatic rings. The monoisotopic (exact) mass is 201 g/mol. The van der Waals surface area contributed by atoms with Crippen LogP contribution in [0.4, 0.5) is 0 Å². The first kappa shape index (κ1) is 12.0. The molecule has 0 atom stereocenters. The number of unbranched alkanes of at least 4 members (excludes halogenated alkanes) is 3. The van der Waals surface area contributed by atoms with Gasteiger partial charge < -0.3 is 15.5 Å². The second-order valence-corrected chi connectivity index (χ2v) is 4.36. The number of hydrogen-bond acceptors (Lipinski definition) is 3. The molecule has 0 heterocycles. The molecule has 0 saturated heterocycles. The summed E-state index contributed by atoms with van der Waals surface area (Å²) in [4.78, 5) is 0. The number of aliphatic hydroxyl groups is 2. The van der Waals surface area contributed by atoms with Crippen LogP contribution in [0.15, 0.2) is 0 Å². The van der Waals surface area contributed by atoms with Crippen LogP contribution in [0.25, 0.3) is 0 Å². The van der Waals surface area contributed by atoms with Gasteiger partial charge in [0.1, 0.15) is 0 Å². The lowest BCUT2D eigenvalue weighted by Gasteiger charge is -2.41. The fourth-order valence-electron chi connectivity index (χ4n) is 1.94. The van der Waals surface area contributed by atoms with Crippen molar-refractivity contribution in [3.05, 3.63) is 0 Å². The Morgan fingerprint density at radius 2 is 1.71 bits per heavy atom. The molecule has 1 fully saturated rings. The third-order valence-electron chi connectivity index (χ3n) is 3.20. The summed E-state index contributed by atoms with van der Waals surface area (Å²) in [5, 5.41) is 21.2. The zero-order valence-electron chi connectivity index (χ0n) is 8.97. The molecule has 1 aliphatic carbocycles. The van der Waals surface area contributed by atoms with Crippen molar-refractivity contribution in [2.45, 2.75) is 50.5 Å². The van der Waals surface area contributed by atoms with E-state index in [9.17, 15) is 5.11 Å². The average molecular weight is 201 g/mol. The Kier molecular flexibility index (Phi) is 5.45. The maximum Gasteiger partial charge on any atom is 0.0613 e. The summed E-state index contributed by atoms with van der Waals surface area (Å²) in [5.41, 5.74) is 0.0664. The Balaban J connectivity index is 1.92. The Labute approximate surface area is 86.5 Å². The van der Waals surface area contributed by atoms with Crippen LogP contribution in [0.3, 0.4) is 0 Å². The molecule has 0 unspecified atom stereocenters. The lowest BCUT2D eigenvalue weighted by atomic mass is 9.77. The fraction of sp³-hybridized carbons (Fsp3) is 1.00. The lowest BCUT2D eigenvalue weighted by molar-refractivity contribution is 0.0886. The highest BCUT2D eigenvalue weighted by molar-refractivity contribution is 4.95. The van der Waals surface area contributed by atoms with Crippen molar-refractivity contribution in [1.29, 1.82) is 0 Å². The molecule has 1 saturated carbocycles. The predicted molar refractivity (Wildman–Crippen MR) is 57.2 cm³/mol. The van der Waals surface area contributed by atoms with E-state index in [0.717, 1.165) is 38.6 Å². The number of hydrogen-bond donors (Lipinski definition) is 3. The summed E-state index contributed by atoms with van der Waals surface area (Å²) in [7, 11) is 0. The van der Waals surface area contributed by atoms with Crippen LogP contribution in [0.2, 0.25) is 0 Å². The van der Waals surface area contributed by atoms with Gasteiger partial charge in [0.15, 0.2) is 0 Å². The normalized spacial score (nSPS) is 19.3. The molecule has 0 aliphatic heterocycles. The van der Waals surface area contributed by atoms with Gasteiger partial charge in [0.25, 0.3) is 0 Å². The van der Waals surface area contributed by atoms with E-state index >= 15 is 0 Å². The fourth-order valence-corrected chi connectivity index (χ4v) is 1.94. The summed E-state index contributed by atoms with van der Waals surface area (Å²) in [6.07, 6.45) is 7.87. The Hall–Kier alpha value is -0.120. The minimum Gasteiger partial charge on any atom is -0.396 e. The smallest absolute Gasteiger partial charge is 0.0613 e. The van der Waals surface area contributed by atoms with E-state index in [-0.39, 0.29) is 12.1 Å². The van der Waals surface area contributed by atoms with Crippen LogP contribution < -0.4 is 5.32 Å². The van der Waals surface area contributed by atoms with E-state index < -0.39 is 0 Å². The quantitative estimate of drug-likeness (QED) is 0.514. The Bertz CT molecular complexity index is 141.